The summed E-state index contributed by atoms with van der Waals surface area (Å²) in [4.78, 5) is 0.116. The van der Waals surface area contributed by atoms with Gasteiger partial charge >= 0.3 is 5.92 Å². The minimum atomic E-state index is -3.26. The molecule has 0 heterocycles. The van der Waals surface area contributed by atoms with Crippen LogP contribution in [0.2, 0.25) is 0 Å². The maximum absolute atomic E-state index is 14.6. The molecule has 2 aromatic rings. The molecule has 0 aliphatic rings. The predicted octanol–water partition coefficient (Wildman–Crippen LogP) is 3.57. The third kappa shape index (κ3) is 2.37. The normalized spacial score (nSPS) is 11.6. The van der Waals surface area contributed by atoms with Crippen molar-refractivity contribution in [3.05, 3.63) is 47.5 Å². The van der Waals surface area contributed by atoms with Gasteiger partial charge in [-0.3, -0.25) is 0 Å². The molecular weight excluding hydrogens is 286 g/mol. The Morgan fingerprint density at radius 3 is 1.53 bits per heavy atom. The van der Waals surface area contributed by atoms with Gasteiger partial charge in [-0.2, -0.15) is 8.78 Å². The molecule has 2 aromatic carbocycles. The smallest absolute Gasteiger partial charge is 0.300 e. The van der Waals surface area contributed by atoms with E-state index in [1.54, 1.807) is 0 Å². The third-order valence-electron chi connectivity index (χ3n) is 2.81. The zero-order chi connectivity index (χ0) is 14.2. The monoisotopic (exact) mass is 298 g/mol. The van der Waals surface area contributed by atoms with Crippen molar-refractivity contribution in [3.63, 3.8) is 0 Å². The maximum atomic E-state index is 14.6. The molecule has 0 saturated carbocycles. The second-order valence-electron chi connectivity index (χ2n) is 4.06. The Balaban J connectivity index is 2.65. The molecule has 0 saturated heterocycles. The van der Waals surface area contributed by atoms with E-state index in [4.69, 9.17) is 11.5 Å². The van der Waals surface area contributed by atoms with Crippen LogP contribution in [0.25, 0.3) is 0 Å². The van der Waals surface area contributed by atoms with E-state index >= 15 is 0 Å². The minimum Gasteiger partial charge on any atom is -0.398 e. The lowest BCUT2D eigenvalue weighted by Gasteiger charge is -2.21. The molecular formula is C13H12F2N2S2. The highest BCUT2D eigenvalue weighted by Gasteiger charge is 2.38. The molecule has 2 rings (SSSR count). The van der Waals surface area contributed by atoms with Gasteiger partial charge in [-0.1, -0.05) is 24.3 Å². The van der Waals surface area contributed by atoms with Crippen molar-refractivity contribution in [2.24, 2.45) is 0 Å². The molecule has 0 radical (unpaired) electrons. The van der Waals surface area contributed by atoms with Crippen molar-refractivity contribution in [1.29, 1.82) is 0 Å². The van der Waals surface area contributed by atoms with Gasteiger partial charge < -0.3 is 11.5 Å². The Bertz CT molecular complexity index is 577. The average Bonchev–Trinajstić information content (AvgIpc) is 2.35. The van der Waals surface area contributed by atoms with E-state index in [1.165, 1.54) is 36.4 Å². The van der Waals surface area contributed by atoms with Crippen LogP contribution in [0.15, 0.2) is 46.2 Å². The van der Waals surface area contributed by atoms with Crippen LogP contribution in [0.3, 0.4) is 0 Å². The molecule has 0 atom stereocenters. The van der Waals surface area contributed by atoms with E-state index in [1.807, 2.05) is 0 Å². The fourth-order valence-electron chi connectivity index (χ4n) is 1.77. The van der Waals surface area contributed by atoms with E-state index in [0.29, 0.717) is 0 Å². The number of anilines is 2. The van der Waals surface area contributed by atoms with Crippen molar-refractivity contribution in [3.8, 4) is 0 Å². The number of nitrogen functional groups attached to an aromatic ring is 2. The van der Waals surface area contributed by atoms with Gasteiger partial charge in [0, 0.05) is 32.3 Å². The fourth-order valence-corrected chi connectivity index (χ4v) is 2.35. The van der Waals surface area contributed by atoms with E-state index in [-0.39, 0.29) is 32.3 Å². The zero-order valence-electron chi connectivity index (χ0n) is 9.77. The lowest BCUT2D eigenvalue weighted by Crippen LogP contribution is -2.18. The van der Waals surface area contributed by atoms with Crippen molar-refractivity contribution in [2.75, 3.05) is 11.5 Å². The van der Waals surface area contributed by atoms with Crippen LogP contribution in [-0.2, 0) is 5.92 Å². The Morgan fingerprint density at radius 1 is 0.789 bits per heavy atom. The molecule has 6 heteroatoms. The molecule has 19 heavy (non-hydrogen) atoms. The fraction of sp³-hybridized carbons (Fsp3) is 0.0769. The van der Waals surface area contributed by atoms with Crippen LogP contribution in [0, 0.1) is 0 Å². The summed E-state index contributed by atoms with van der Waals surface area (Å²) in [6.07, 6.45) is 0. The molecule has 0 amide bonds. The number of alkyl halides is 2. The summed E-state index contributed by atoms with van der Waals surface area (Å²) in [6.45, 7) is 0. The zero-order valence-corrected chi connectivity index (χ0v) is 11.6. The summed E-state index contributed by atoms with van der Waals surface area (Å²) in [5, 5.41) is 0. The highest BCUT2D eigenvalue weighted by Crippen LogP contribution is 2.43. The standard InChI is InChI=1S/C13H12F2N2S2/c14-13(15,7-3-1-5-9(16)11(7)18)8-4-2-6-10(17)12(8)19/h1-6,18-19H,16-17H2. The number of thiol groups is 2. The second kappa shape index (κ2) is 4.94. The van der Waals surface area contributed by atoms with Gasteiger partial charge in [-0.15, -0.1) is 25.3 Å². The van der Waals surface area contributed by atoms with E-state index in [0.717, 1.165) is 0 Å². The lowest BCUT2D eigenvalue weighted by atomic mass is 9.99. The number of rotatable bonds is 2. The number of halogens is 2. The molecule has 0 aliphatic carbocycles. The predicted molar refractivity (Wildman–Crippen MR) is 79.2 cm³/mol. The molecule has 0 aromatic heterocycles. The lowest BCUT2D eigenvalue weighted by molar-refractivity contribution is 0.0374. The summed E-state index contributed by atoms with van der Waals surface area (Å²) in [5.41, 5.74) is 11.1. The first kappa shape index (κ1) is 14.0. The largest absolute Gasteiger partial charge is 0.398 e. The number of hydrogen-bond donors (Lipinski definition) is 4. The van der Waals surface area contributed by atoms with E-state index in [9.17, 15) is 8.78 Å². The molecule has 0 spiro atoms. The number of nitrogens with two attached hydrogens (primary N) is 2. The van der Waals surface area contributed by atoms with Crippen molar-refractivity contribution in [1.82, 2.24) is 0 Å². The summed E-state index contributed by atoms with van der Waals surface area (Å²) in [6, 6.07) is 8.53. The topological polar surface area (TPSA) is 52.0 Å². The molecule has 0 aliphatic heterocycles. The average molecular weight is 298 g/mol. The molecule has 0 unspecified atom stereocenters. The third-order valence-corrected chi connectivity index (χ3v) is 3.81. The van der Waals surface area contributed by atoms with Crippen LogP contribution >= 0.6 is 25.3 Å². The highest BCUT2D eigenvalue weighted by atomic mass is 32.1. The molecule has 100 valence electrons. The molecule has 2 nitrogen and oxygen atoms in total. The number of benzene rings is 2. The number of hydrogen-bond acceptors (Lipinski definition) is 4. The van der Waals surface area contributed by atoms with Gasteiger partial charge in [0.2, 0.25) is 0 Å². The van der Waals surface area contributed by atoms with Crippen molar-refractivity contribution < 1.29 is 8.78 Å². The summed E-state index contributed by atoms with van der Waals surface area (Å²) in [5.74, 6) is -3.26. The van der Waals surface area contributed by atoms with Crippen LogP contribution in [0.5, 0.6) is 0 Å². The van der Waals surface area contributed by atoms with Gasteiger partial charge in [-0.25, -0.2) is 0 Å². The van der Waals surface area contributed by atoms with Gasteiger partial charge in [0.15, 0.2) is 0 Å². The highest BCUT2D eigenvalue weighted by molar-refractivity contribution is 7.80. The summed E-state index contributed by atoms with van der Waals surface area (Å²) < 4.78 is 29.1. The van der Waals surface area contributed by atoms with Crippen molar-refractivity contribution in [2.45, 2.75) is 15.7 Å². The Kier molecular flexibility index (Phi) is 3.64. The van der Waals surface area contributed by atoms with Crippen LogP contribution < -0.4 is 11.5 Å². The first-order chi connectivity index (χ1) is 8.85. The Hall–Kier alpha value is -1.40. The van der Waals surface area contributed by atoms with Gasteiger partial charge in [0.25, 0.3) is 0 Å². The SMILES string of the molecule is Nc1cccc(C(F)(F)c2cccc(N)c2S)c1S. The quantitative estimate of drug-likeness (QED) is 0.506. The Labute approximate surface area is 120 Å². The minimum absolute atomic E-state index is 0.0580. The second-order valence-corrected chi connectivity index (χ2v) is 4.96. The molecule has 0 bridgehead atoms. The van der Waals surface area contributed by atoms with Crippen molar-refractivity contribution >= 4 is 36.6 Å². The Morgan fingerprint density at radius 2 is 1.16 bits per heavy atom. The van der Waals surface area contributed by atoms with Crippen LogP contribution in [0.4, 0.5) is 20.2 Å². The van der Waals surface area contributed by atoms with Gasteiger partial charge in [0.05, 0.1) is 0 Å². The molecule has 4 N–H and O–H groups in total. The summed E-state index contributed by atoms with van der Waals surface area (Å²) >= 11 is 8.11. The summed E-state index contributed by atoms with van der Waals surface area (Å²) in [7, 11) is 0. The van der Waals surface area contributed by atoms with Gasteiger partial charge in [0.1, 0.15) is 0 Å². The van der Waals surface area contributed by atoms with Gasteiger partial charge in [-0.05, 0) is 12.1 Å². The molecule has 0 fully saturated rings. The first-order valence-corrected chi connectivity index (χ1v) is 6.28. The maximum Gasteiger partial charge on any atom is 0.300 e. The van der Waals surface area contributed by atoms with Crippen LogP contribution in [-0.4, -0.2) is 0 Å². The first-order valence-electron chi connectivity index (χ1n) is 5.39. The van der Waals surface area contributed by atoms with E-state index in [2.05, 4.69) is 25.3 Å². The van der Waals surface area contributed by atoms with Crippen LogP contribution in [0.1, 0.15) is 11.1 Å². The van der Waals surface area contributed by atoms with E-state index < -0.39 is 5.92 Å².